The van der Waals surface area contributed by atoms with Crippen molar-refractivity contribution in [3.8, 4) is 0 Å². The van der Waals surface area contributed by atoms with Crippen molar-refractivity contribution in [3.63, 3.8) is 0 Å². The normalized spacial score (nSPS) is 10.0. The van der Waals surface area contributed by atoms with Crippen LogP contribution in [0.15, 0.2) is 12.2 Å². The molecule has 0 unspecified atom stereocenters. The summed E-state index contributed by atoms with van der Waals surface area (Å²) in [6.07, 6.45) is 3.63. The summed E-state index contributed by atoms with van der Waals surface area (Å²) in [6, 6.07) is 0. The van der Waals surface area contributed by atoms with Gasteiger partial charge in [-0.2, -0.15) is 0 Å². The number of rotatable bonds is 1. The summed E-state index contributed by atoms with van der Waals surface area (Å²) in [5.41, 5.74) is 0. The molecule has 0 aliphatic heterocycles. The molecule has 0 heterocycles. The fourth-order valence-electron chi connectivity index (χ4n) is 0.0727. The van der Waals surface area contributed by atoms with Crippen LogP contribution in [0.4, 0.5) is 0 Å². The smallest absolute Gasteiger partial charge is 0.0715 e. The van der Waals surface area contributed by atoms with Gasteiger partial charge in [-0.25, -0.2) is 0 Å². The van der Waals surface area contributed by atoms with Crippen LogP contribution >= 0.6 is 11.6 Å². The SMILES string of the molecule is CC=C[CH]Cl. The van der Waals surface area contributed by atoms with Crippen molar-refractivity contribution in [1.29, 1.82) is 0 Å². The fourth-order valence-corrected chi connectivity index (χ4v) is 0.218. The third-order valence-electron chi connectivity index (χ3n) is 0.265. The van der Waals surface area contributed by atoms with Crippen molar-refractivity contribution >= 4 is 11.6 Å². The van der Waals surface area contributed by atoms with Gasteiger partial charge in [-0.05, 0) is 6.92 Å². The third kappa shape index (κ3) is 4.03. The Balaban J connectivity index is 2.62. The van der Waals surface area contributed by atoms with E-state index in [0.29, 0.717) is 0 Å². The molecule has 0 aliphatic carbocycles. The zero-order valence-corrected chi connectivity index (χ0v) is 3.87. The van der Waals surface area contributed by atoms with Gasteiger partial charge in [0.25, 0.3) is 0 Å². The van der Waals surface area contributed by atoms with Crippen LogP contribution in [-0.2, 0) is 0 Å². The molecule has 0 N–H and O–H groups in total. The van der Waals surface area contributed by atoms with Gasteiger partial charge in [0, 0.05) is 0 Å². The number of hydrogen-bond acceptors (Lipinski definition) is 0. The highest BCUT2D eigenvalue weighted by Gasteiger charge is 1.56. The maximum Gasteiger partial charge on any atom is 0.0715 e. The molecule has 0 spiro atoms. The molecular weight excluding hydrogens is 83.5 g/mol. The Morgan fingerprint density at radius 1 is 1.60 bits per heavy atom. The quantitative estimate of drug-likeness (QED) is 0.461. The van der Waals surface area contributed by atoms with Gasteiger partial charge in [0.2, 0.25) is 0 Å². The molecule has 0 saturated heterocycles. The van der Waals surface area contributed by atoms with Crippen molar-refractivity contribution in [2.75, 3.05) is 0 Å². The topological polar surface area (TPSA) is 0 Å². The average Bonchev–Trinajstić information content (AvgIpc) is 1.41. The van der Waals surface area contributed by atoms with Gasteiger partial charge in [0.15, 0.2) is 0 Å². The second-order valence-corrected chi connectivity index (χ2v) is 0.904. The molecule has 0 bridgehead atoms. The van der Waals surface area contributed by atoms with Crippen molar-refractivity contribution in [3.05, 3.63) is 18.0 Å². The largest absolute Gasteiger partial charge is 0.117 e. The highest BCUT2D eigenvalue weighted by Crippen LogP contribution is 1.82. The molecule has 1 heteroatoms. The molecule has 0 aliphatic rings. The fraction of sp³-hybridized carbons (Fsp3) is 0.250. The maximum atomic E-state index is 5.09. The minimum absolute atomic E-state index is 1.47. The Bertz CT molecular complexity index is 30.6. The maximum absolute atomic E-state index is 5.09. The third-order valence-corrected chi connectivity index (χ3v) is 0.411. The number of hydrogen-bond donors (Lipinski definition) is 0. The van der Waals surface area contributed by atoms with E-state index in [0.717, 1.165) is 0 Å². The predicted octanol–water partition coefficient (Wildman–Crippen LogP) is 1.96. The second kappa shape index (κ2) is 4.03. The van der Waals surface area contributed by atoms with Crippen LogP contribution in [-0.4, -0.2) is 0 Å². The van der Waals surface area contributed by atoms with Crippen LogP contribution in [0, 0.1) is 5.88 Å². The van der Waals surface area contributed by atoms with Gasteiger partial charge in [0.1, 0.15) is 0 Å². The Hall–Kier alpha value is 0.0300. The van der Waals surface area contributed by atoms with Crippen LogP contribution in [0.3, 0.4) is 0 Å². The highest BCUT2D eigenvalue weighted by molar-refractivity contribution is 6.24. The molecule has 0 atom stereocenters. The molecule has 0 saturated carbocycles. The second-order valence-electron chi connectivity index (χ2n) is 0.652. The lowest BCUT2D eigenvalue weighted by atomic mass is 10.6. The molecular formula is C4H6Cl. The Morgan fingerprint density at radius 2 is 2.20 bits per heavy atom. The van der Waals surface area contributed by atoms with Crippen LogP contribution in [0.2, 0.25) is 0 Å². The van der Waals surface area contributed by atoms with E-state index in [1.165, 1.54) is 5.88 Å². The average molecular weight is 89.5 g/mol. The van der Waals surface area contributed by atoms with Crippen molar-refractivity contribution in [2.24, 2.45) is 0 Å². The zero-order chi connectivity index (χ0) is 4.12. The first-order valence-corrected chi connectivity index (χ1v) is 1.90. The van der Waals surface area contributed by atoms with E-state index in [1.807, 2.05) is 13.0 Å². The molecule has 5 heavy (non-hydrogen) atoms. The predicted molar refractivity (Wildman–Crippen MR) is 25.0 cm³/mol. The van der Waals surface area contributed by atoms with Gasteiger partial charge in [-0.15, -0.1) is 11.6 Å². The van der Waals surface area contributed by atoms with Gasteiger partial charge in [-0.1, -0.05) is 12.2 Å². The molecule has 0 aromatic carbocycles. The Morgan fingerprint density at radius 3 is 2.20 bits per heavy atom. The Labute approximate surface area is 37.4 Å². The summed E-state index contributed by atoms with van der Waals surface area (Å²) in [5, 5.41) is 0. The van der Waals surface area contributed by atoms with E-state index in [1.54, 1.807) is 6.08 Å². The molecule has 0 rings (SSSR count). The van der Waals surface area contributed by atoms with Gasteiger partial charge in [-0.3, -0.25) is 0 Å². The first kappa shape index (κ1) is 5.03. The van der Waals surface area contributed by atoms with Gasteiger partial charge >= 0.3 is 0 Å². The van der Waals surface area contributed by atoms with Crippen molar-refractivity contribution in [1.82, 2.24) is 0 Å². The summed E-state index contributed by atoms with van der Waals surface area (Å²) in [7, 11) is 0. The van der Waals surface area contributed by atoms with Crippen LogP contribution in [0.25, 0.3) is 0 Å². The lowest BCUT2D eigenvalue weighted by Gasteiger charge is -1.61. The minimum atomic E-state index is 1.47. The van der Waals surface area contributed by atoms with Crippen LogP contribution in [0.5, 0.6) is 0 Å². The summed E-state index contributed by atoms with van der Waals surface area (Å²) in [6.45, 7) is 1.92. The van der Waals surface area contributed by atoms with E-state index in [-0.39, 0.29) is 0 Å². The van der Waals surface area contributed by atoms with E-state index in [4.69, 9.17) is 11.6 Å². The van der Waals surface area contributed by atoms with Crippen molar-refractivity contribution < 1.29 is 0 Å². The van der Waals surface area contributed by atoms with E-state index in [2.05, 4.69) is 0 Å². The molecule has 0 nitrogen and oxygen atoms in total. The molecule has 0 aromatic heterocycles. The summed E-state index contributed by atoms with van der Waals surface area (Å²) < 4.78 is 0. The summed E-state index contributed by atoms with van der Waals surface area (Å²) in [5.74, 6) is 1.47. The molecule has 0 amide bonds. The number of allylic oxidation sites excluding steroid dienone is 2. The molecule has 0 aromatic rings. The van der Waals surface area contributed by atoms with Crippen molar-refractivity contribution in [2.45, 2.75) is 6.92 Å². The molecule has 0 fully saturated rings. The van der Waals surface area contributed by atoms with Crippen LogP contribution < -0.4 is 0 Å². The Kier molecular flexibility index (Phi) is 4.05. The van der Waals surface area contributed by atoms with Gasteiger partial charge < -0.3 is 0 Å². The first-order chi connectivity index (χ1) is 2.41. The number of halogens is 1. The van der Waals surface area contributed by atoms with Crippen LogP contribution in [0.1, 0.15) is 6.92 Å². The zero-order valence-electron chi connectivity index (χ0n) is 3.11. The van der Waals surface area contributed by atoms with E-state index in [9.17, 15) is 0 Å². The summed E-state index contributed by atoms with van der Waals surface area (Å²) in [4.78, 5) is 0. The molecule has 1 radical (unpaired) electrons. The lowest BCUT2D eigenvalue weighted by Crippen LogP contribution is -1.40. The minimum Gasteiger partial charge on any atom is -0.117 e. The summed E-state index contributed by atoms with van der Waals surface area (Å²) >= 11 is 5.09. The highest BCUT2D eigenvalue weighted by atomic mass is 35.5. The van der Waals surface area contributed by atoms with E-state index < -0.39 is 0 Å². The molecule has 29 valence electrons. The lowest BCUT2D eigenvalue weighted by molar-refractivity contribution is 1.73. The monoisotopic (exact) mass is 89.0 g/mol. The van der Waals surface area contributed by atoms with Gasteiger partial charge in [0.05, 0.1) is 5.88 Å². The first-order valence-electron chi connectivity index (χ1n) is 1.46. The van der Waals surface area contributed by atoms with E-state index >= 15 is 0 Å². The standard InChI is InChI=1S/C4H6Cl/c1-2-3-4-5/h2-4H,1H3.